The number of carbonyl (C=O) groups is 1. The van der Waals surface area contributed by atoms with E-state index in [0.717, 1.165) is 6.29 Å². The van der Waals surface area contributed by atoms with Gasteiger partial charge in [0.25, 0.3) is 0 Å². The van der Waals surface area contributed by atoms with Gasteiger partial charge in [-0.05, 0) is 13.0 Å². The van der Waals surface area contributed by atoms with Gasteiger partial charge < -0.3 is 0 Å². The zero-order valence-electron chi connectivity index (χ0n) is 5.80. The van der Waals surface area contributed by atoms with E-state index in [1.165, 1.54) is 19.1 Å². The number of carbonyl (C=O) groups excluding carboxylic acids is 1. The molecule has 1 rings (SSSR count). The van der Waals surface area contributed by atoms with Crippen molar-refractivity contribution in [3.05, 3.63) is 23.8 Å². The summed E-state index contributed by atoms with van der Waals surface area (Å²) in [7, 11) is 0. The number of allylic oxidation sites excluding steroid dienone is 4. The third-order valence-electron chi connectivity index (χ3n) is 1.50. The third kappa shape index (κ3) is 1.53. The van der Waals surface area contributed by atoms with Crippen LogP contribution in [0.5, 0.6) is 0 Å². The van der Waals surface area contributed by atoms with Gasteiger partial charge in [0.2, 0.25) is 0 Å². The predicted octanol–water partition coefficient (Wildman–Crippen LogP) is 1.80. The van der Waals surface area contributed by atoms with E-state index in [1.54, 1.807) is 6.08 Å². The van der Waals surface area contributed by atoms with Crippen LogP contribution in [0.1, 0.15) is 13.3 Å². The molecule has 1 aliphatic rings. The molecule has 1 nitrogen and oxygen atoms in total. The van der Waals surface area contributed by atoms with Crippen molar-refractivity contribution in [2.24, 2.45) is 0 Å². The summed E-state index contributed by atoms with van der Waals surface area (Å²) < 4.78 is 12.9. The molecule has 54 valence electrons. The highest BCUT2D eigenvalue weighted by atomic mass is 19.1. The highest BCUT2D eigenvalue weighted by Crippen LogP contribution is 2.23. The summed E-state index contributed by atoms with van der Waals surface area (Å²) in [5, 5.41) is 0. The Labute approximate surface area is 59.2 Å². The number of hydrogen-bond donors (Lipinski definition) is 0. The molecule has 1 unspecified atom stereocenters. The largest absolute Gasteiger partial charge is 0.298 e. The topological polar surface area (TPSA) is 17.1 Å². The van der Waals surface area contributed by atoms with E-state index in [0.29, 0.717) is 12.0 Å². The summed E-state index contributed by atoms with van der Waals surface area (Å²) in [6.07, 6.45) is 5.56. The second-order valence-electron chi connectivity index (χ2n) is 2.64. The lowest BCUT2D eigenvalue weighted by atomic mass is 9.96. The van der Waals surface area contributed by atoms with Crippen LogP contribution in [0.15, 0.2) is 23.8 Å². The van der Waals surface area contributed by atoms with Gasteiger partial charge in [-0.1, -0.05) is 12.2 Å². The molecule has 0 fully saturated rings. The molecule has 0 bridgehead atoms. The zero-order chi connectivity index (χ0) is 7.61. The van der Waals surface area contributed by atoms with Crippen LogP contribution in [0.3, 0.4) is 0 Å². The minimum atomic E-state index is -1.26. The number of rotatable bonds is 1. The van der Waals surface area contributed by atoms with Gasteiger partial charge in [0.1, 0.15) is 12.0 Å². The number of aldehydes is 1. The smallest absolute Gasteiger partial charge is 0.149 e. The lowest BCUT2D eigenvalue weighted by Gasteiger charge is -2.16. The van der Waals surface area contributed by atoms with Crippen LogP contribution in [-0.2, 0) is 4.79 Å². The molecule has 0 amide bonds. The molecule has 0 aromatic rings. The number of hydrogen-bond acceptors (Lipinski definition) is 1. The zero-order valence-corrected chi connectivity index (χ0v) is 5.80. The number of halogens is 1. The van der Waals surface area contributed by atoms with Crippen LogP contribution < -0.4 is 0 Å². The van der Waals surface area contributed by atoms with Crippen LogP contribution in [-0.4, -0.2) is 12.0 Å². The van der Waals surface area contributed by atoms with Gasteiger partial charge in [-0.3, -0.25) is 4.79 Å². The standard InChI is InChI=1S/C8H9FO/c1-8(9)4-2-7(6-10)3-5-8/h2-4,6H,5H2,1H3. The van der Waals surface area contributed by atoms with Crippen molar-refractivity contribution in [1.82, 2.24) is 0 Å². The second kappa shape index (κ2) is 2.37. The van der Waals surface area contributed by atoms with E-state index < -0.39 is 5.67 Å². The van der Waals surface area contributed by atoms with Gasteiger partial charge in [0, 0.05) is 12.0 Å². The maximum Gasteiger partial charge on any atom is 0.149 e. The molecule has 0 saturated heterocycles. The highest BCUT2D eigenvalue weighted by molar-refractivity contribution is 5.78. The van der Waals surface area contributed by atoms with E-state index in [4.69, 9.17) is 0 Å². The van der Waals surface area contributed by atoms with Crippen molar-refractivity contribution in [2.75, 3.05) is 0 Å². The third-order valence-corrected chi connectivity index (χ3v) is 1.50. The fourth-order valence-corrected chi connectivity index (χ4v) is 0.811. The van der Waals surface area contributed by atoms with Crippen molar-refractivity contribution in [3.63, 3.8) is 0 Å². The molecule has 0 aliphatic heterocycles. The molecule has 10 heavy (non-hydrogen) atoms. The minimum absolute atomic E-state index is 0.303. The van der Waals surface area contributed by atoms with Crippen LogP contribution >= 0.6 is 0 Å². The van der Waals surface area contributed by atoms with Crippen molar-refractivity contribution < 1.29 is 9.18 Å². The Morgan fingerprint density at radius 2 is 2.50 bits per heavy atom. The first kappa shape index (κ1) is 7.19. The maximum absolute atomic E-state index is 12.9. The quantitative estimate of drug-likeness (QED) is 0.507. The van der Waals surface area contributed by atoms with Gasteiger partial charge in [-0.15, -0.1) is 0 Å². The first-order valence-electron chi connectivity index (χ1n) is 3.17. The fraction of sp³-hybridized carbons (Fsp3) is 0.375. The van der Waals surface area contributed by atoms with Crippen molar-refractivity contribution >= 4 is 6.29 Å². The van der Waals surface area contributed by atoms with E-state index in [2.05, 4.69) is 0 Å². The molecule has 1 atom stereocenters. The van der Waals surface area contributed by atoms with E-state index in [1.807, 2.05) is 0 Å². The second-order valence-corrected chi connectivity index (χ2v) is 2.64. The van der Waals surface area contributed by atoms with Crippen LogP contribution in [0.2, 0.25) is 0 Å². The van der Waals surface area contributed by atoms with Gasteiger partial charge in [-0.25, -0.2) is 4.39 Å². The highest BCUT2D eigenvalue weighted by Gasteiger charge is 2.20. The van der Waals surface area contributed by atoms with Crippen molar-refractivity contribution in [1.29, 1.82) is 0 Å². The molecule has 0 aromatic heterocycles. The molecule has 0 heterocycles. The van der Waals surface area contributed by atoms with E-state index in [9.17, 15) is 9.18 Å². The van der Waals surface area contributed by atoms with Crippen molar-refractivity contribution in [2.45, 2.75) is 19.0 Å². The molecule has 2 heteroatoms. The monoisotopic (exact) mass is 140 g/mol. The Kier molecular flexibility index (Phi) is 1.70. The molecule has 0 radical (unpaired) electrons. The SMILES string of the molecule is CC1(F)C=CC(C=O)=CC1. The van der Waals surface area contributed by atoms with Crippen LogP contribution in [0.4, 0.5) is 4.39 Å². The minimum Gasteiger partial charge on any atom is -0.298 e. The van der Waals surface area contributed by atoms with Crippen LogP contribution in [0, 0.1) is 0 Å². The van der Waals surface area contributed by atoms with Crippen molar-refractivity contribution in [3.8, 4) is 0 Å². The summed E-state index contributed by atoms with van der Waals surface area (Å²) in [6, 6.07) is 0. The average Bonchev–Trinajstić information content (AvgIpc) is 1.88. The molecule has 0 aromatic carbocycles. The first-order chi connectivity index (χ1) is 4.64. The molecular weight excluding hydrogens is 131 g/mol. The Hall–Kier alpha value is -0.920. The maximum atomic E-state index is 12.9. The van der Waals surface area contributed by atoms with Gasteiger partial charge in [0.05, 0.1) is 0 Å². The summed E-state index contributed by atoms with van der Waals surface area (Å²) in [5.74, 6) is 0. The average molecular weight is 140 g/mol. The first-order valence-corrected chi connectivity index (χ1v) is 3.17. The predicted molar refractivity (Wildman–Crippen MR) is 37.4 cm³/mol. The Morgan fingerprint density at radius 3 is 2.90 bits per heavy atom. The lowest BCUT2D eigenvalue weighted by molar-refractivity contribution is -0.104. The van der Waals surface area contributed by atoms with Gasteiger partial charge in [0.15, 0.2) is 0 Å². The Balaban J connectivity index is 2.72. The number of alkyl halides is 1. The van der Waals surface area contributed by atoms with E-state index in [-0.39, 0.29) is 0 Å². The molecular formula is C8H9FO. The Bertz CT molecular complexity index is 201. The van der Waals surface area contributed by atoms with Gasteiger partial charge >= 0.3 is 0 Å². The summed E-state index contributed by atoms with van der Waals surface area (Å²) in [6.45, 7) is 1.49. The summed E-state index contributed by atoms with van der Waals surface area (Å²) >= 11 is 0. The molecule has 0 N–H and O–H groups in total. The lowest BCUT2D eigenvalue weighted by Crippen LogP contribution is -2.15. The molecule has 1 aliphatic carbocycles. The fourth-order valence-electron chi connectivity index (χ4n) is 0.811. The van der Waals surface area contributed by atoms with Crippen LogP contribution in [0.25, 0.3) is 0 Å². The van der Waals surface area contributed by atoms with Gasteiger partial charge in [-0.2, -0.15) is 0 Å². The molecule has 0 spiro atoms. The summed E-state index contributed by atoms with van der Waals surface area (Å²) in [5.41, 5.74) is -0.692. The van der Waals surface area contributed by atoms with E-state index >= 15 is 0 Å². The Morgan fingerprint density at radius 1 is 1.80 bits per heavy atom. The summed E-state index contributed by atoms with van der Waals surface area (Å²) in [4.78, 5) is 10.1. The molecule has 0 saturated carbocycles. The normalized spacial score (nSPS) is 31.6.